The number of nitrogens with zero attached hydrogens (tertiary/aromatic N) is 2. The first-order valence-electron chi connectivity index (χ1n) is 8.48. The van der Waals surface area contributed by atoms with Gasteiger partial charge in [0.1, 0.15) is 28.7 Å². The van der Waals surface area contributed by atoms with Crippen LogP contribution in [0.15, 0.2) is 48.5 Å². The number of halogens is 1. The number of ether oxygens (including phenoxy) is 2. The summed E-state index contributed by atoms with van der Waals surface area (Å²) < 4.78 is 11.8. The SMILES string of the molecule is CC1(Oc2ccc([N+](=O)[O-])c(Cl)c2)CCN(CCOc2ccccc2)C1. The van der Waals surface area contributed by atoms with Crippen molar-refractivity contribution in [1.29, 1.82) is 0 Å². The summed E-state index contributed by atoms with van der Waals surface area (Å²) in [6, 6.07) is 14.2. The van der Waals surface area contributed by atoms with E-state index in [1.54, 1.807) is 6.07 Å². The number of hydrogen-bond acceptors (Lipinski definition) is 5. The fraction of sp³-hybridized carbons (Fsp3) is 0.368. The topological polar surface area (TPSA) is 64.8 Å². The van der Waals surface area contributed by atoms with Gasteiger partial charge in [0.25, 0.3) is 5.69 Å². The van der Waals surface area contributed by atoms with Gasteiger partial charge in [0.2, 0.25) is 0 Å². The summed E-state index contributed by atoms with van der Waals surface area (Å²) in [5, 5.41) is 10.9. The van der Waals surface area contributed by atoms with Crippen LogP contribution in [0.5, 0.6) is 11.5 Å². The molecule has 0 spiro atoms. The Morgan fingerprint density at radius 2 is 2.00 bits per heavy atom. The van der Waals surface area contributed by atoms with Crippen LogP contribution in [0.4, 0.5) is 5.69 Å². The first kappa shape index (κ1) is 18.5. The summed E-state index contributed by atoms with van der Waals surface area (Å²) in [6.45, 7) is 5.15. The molecule has 1 unspecified atom stereocenters. The second kappa shape index (κ2) is 7.93. The minimum atomic E-state index is -0.502. The second-order valence-corrected chi connectivity index (χ2v) is 7.02. The Balaban J connectivity index is 1.52. The molecule has 0 N–H and O–H groups in total. The standard InChI is InChI=1S/C19H21ClN2O4/c1-19(26-16-7-8-18(22(23)24)17(20)13-16)9-10-21(14-19)11-12-25-15-5-3-2-4-6-15/h2-8,13H,9-12,14H2,1H3. The van der Waals surface area contributed by atoms with Crippen LogP contribution < -0.4 is 9.47 Å². The van der Waals surface area contributed by atoms with E-state index < -0.39 is 4.92 Å². The zero-order chi connectivity index (χ0) is 18.6. The molecule has 138 valence electrons. The lowest BCUT2D eigenvalue weighted by Crippen LogP contribution is -2.37. The number of benzene rings is 2. The van der Waals surface area contributed by atoms with Crippen LogP contribution in [-0.2, 0) is 0 Å². The maximum atomic E-state index is 10.8. The highest BCUT2D eigenvalue weighted by molar-refractivity contribution is 6.32. The average Bonchev–Trinajstić information content (AvgIpc) is 2.96. The molecule has 7 heteroatoms. The molecule has 0 bridgehead atoms. The Kier molecular flexibility index (Phi) is 5.64. The van der Waals surface area contributed by atoms with Crippen molar-refractivity contribution in [2.75, 3.05) is 26.2 Å². The van der Waals surface area contributed by atoms with E-state index in [9.17, 15) is 10.1 Å². The molecule has 3 rings (SSSR count). The highest BCUT2D eigenvalue weighted by Crippen LogP contribution is 2.32. The predicted molar refractivity (Wildman–Crippen MR) is 100 cm³/mol. The van der Waals surface area contributed by atoms with E-state index in [2.05, 4.69) is 4.90 Å². The fourth-order valence-electron chi connectivity index (χ4n) is 3.09. The summed E-state index contributed by atoms with van der Waals surface area (Å²) >= 11 is 5.96. The Hall–Kier alpha value is -2.31. The van der Waals surface area contributed by atoms with Crippen molar-refractivity contribution >= 4 is 17.3 Å². The summed E-state index contributed by atoms with van der Waals surface area (Å²) in [4.78, 5) is 12.6. The van der Waals surface area contributed by atoms with Gasteiger partial charge in [-0.25, -0.2) is 0 Å². The molecular formula is C19H21ClN2O4. The lowest BCUT2D eigenvalue weighted by atomic mass is 10.1. The molecule has 0 aromatic heterocycles. The van der Waals surface area contributed by atoms with Crippen molar-refractivity contribution in [2.45, 2.75) is 18.9 Å². The maximum absolute atomic E-state index is 10.8. The number of nitro groups is 1. The van der Waals surface area contributed by atoms with Gasteiger partial charge in [-0.1, -0.05) is 29.8 Å². The van der Waals surface area contributed by atoms with Gasteiger partial charge in [0, 0.05) is 38.2 Å². The number of para-hydroxylation sites is 1. The fourth-order valence-corrected chi connectivity index (χ4v) is 3.33. The van der Waals surface area contributed by atoms with Gasteiger partial charge >= 0.3 is 0 Å². The zero-order valence-electron chi connectivity index (χ0n) is 14.6. The van der Waals surface area contributed by atoms with E-state index in [0.29, 0.717) is 12.4 Å². The first-order valence-corrected chi connectivity index (χ1v) is 8.86. The average molecular weight is 377 g/mol. The van der Waals surface area contributed by atoms with Crippen LogP contribution in [0, 0.1) is 10.1 Å². The normalized spacial score (nSPS) is 20.1. The Labute approximate surface area is 157 Å². The minimum Gasteiger partial charge on any atom is -0.492 e. The number of hydrogen-bond donors (Lipinski definition) is 0. The minimum absolute atomic E-state index is 0.0854. The molecule has 2 aromatic rings. The van der Waals surface area contributed by atoms with Gasteiger partial charge in [0.05, 0.1) is 4.92 Å². The molecule has 0 saturated carbocycles. The van der Waals surface area contributed by atoms with Crippen molar-refractivity contribution < 1.29 is 14.4 Å². The molecule has 1 aliphatic rings. The predicted octanol–water partition coefficient (Wildman–Crippen LogP) is 4.17. The summed E-state index contributed by atoms with van der Waals surface area (Å²) in [6.07, 6.45) is 0.868. The zero-order valence-corrected chi connectivity index (χ0v) is 15.3. The van der Waals surface area contributed by atoms with E-state index in [1.165, 1.54) is 12.1 Å². The summed E-state index contributed by atoms with van der Waals surface area (Å²) in [5.74, 6) is 1.41. The van der Waals surface area contributed by atoms with Gasteiger partial charge in [-0.3, -0.25) is 15.0 Å². The Morgan fingerprint density at radius 3 is 2.69 bits per heavy atom. The molecule has 1 aliphatic heterocycles. The number of rotatable bonds is 7. The van der Waals surface area contributed by atoms with Gasteiger partial charge in [-0.05, 0) is 25.1 Å². The second-order valence-electron chi connectivity index (χ2n) is 6.61. The monoisotopic (exact) mass is 376 g/mol. The molecule has 2 aromatic carbocycles. The van der Waals surface area contributed by atoms with Crippen LogP contribution in [0.3, 0.4) is 0 Å². The van der Waals surface area contributed by atoms with E-state index in [1.807, 2.05) is 37.3 Å². The molecule has 1 saturated heterocycles. The Morgan fingerprint density at radius 1 is 1.23 bits per heavy atom. The molecule has 1 atom stereocenters. The molecule has 1 heterocycles. The van der Waals surface area contributed by atoms with Crippen molar-refractivity contribution in [1.82, 2.24) is 4.90 Å². The lowest BCUT2D eigenvalue weighted by Gasteiger charge is -2.26. The van der Waals surface area contributed by atoms with E-state index in [0.717, 1.165) is 31.8 Å². The first-order chi connectivity index (χ1) is 12.5. The van der Waals surface area contributed by atoms with Crippen molar-refractivity contribution in [3.8, 4) is 11.5 Å². The third-order valence-electron chi connectivity index (χ3n) is 4.41. The van der Waals surface area contributed by atoms with Gasteiger partial charge in [-0.2, -0.15) is 0 Å². The van der Waals surface area contributed by atoms with E-state index in [4.69, 9.17) is 21.1 Å². The summed E-state index contributed by atoms with van der Waals surface area (Å²) in [5.41, 5.74) is -0.470. The van der Waals surface area contributed by atoms with Gasteiger partial charge < -0.3 is 9.47 Å². The summed E-state index contributed by atoms with van der Waals surface area (Å²) in [7, 11) is 0. The molecule has 6 nitrogen and oxygen atoms in total. The quantitative estimate of drug-likeness (QED) is 0.536. The highest BCUT2D eigenvalue weighted by atomic mass is 35.5. The van der Waals surface area contributed by atoms with Crippen molar-refractivity contribution in [3.63, 3.8) is 0 Å². The van der Waals surface area contributed by atoms with E-state index >= 15 is 0 Å². The van der Waals surface area contributed by atoms with Crippen LogP contribution in [-0.4, -0.2) is 41.7 Å². The molecule has 0 aliphatic carbocycles. The molecule has 0 radical (unpaired) electrons. The number of likely N-dealkylation sites (tertiary alicyclic amines) is 1. The van der Waals surface area contributed by atoms with Crippen molar-refractivity contribution in [3.05, 3.63) is 63.7 Å². The molecule has 26 heavy (non-hydrogen) atoms. The molecule has 1 fully saturated rings. The molecular weight excluding hydrogens is 356 g/mol. The highest BCUT2D eigenvalue weighted by Gasteiger charge is 2.35. The third kappa shape index (κ3) is 4.65. The Bertz CT molecular complexity index is 771. The van der Waals surface area contributed by atoms with Crippen LogP contribution in [0.25, 0.3) is 0 Å². The van der Waals surface area contributed by atoms with Crippen molar-refractivity contribution in [2.24, 2.45) is 0 Å². The van der Waals surface area contributed by atoms with Crippen LogP contribution in [0.2, 0.25) is 5.02 Å². The molecule has 0 amide bonds. The van der Waals surface area contributed by atoms with Gasteiger partial charge in [-0.15, -0.1) is 0 Å². The van der Waals surface area contributed by atoms with E-state index in [-0.39, 0.29) is 16.3 Å². The lowest BCUT2D eigenvalue weighted by molar-refractivity contribution is -0.384. The van der Waals surface area contributed by atoms with Gasteiger partial charge in [0.15, 0.2) is 0 Å². The number of nitro benzene ring substituents is 1. The largest absolute Gasteiger partial charge is 0.492 e. The maximum Gasteiger partial charge on any atom is 0.288 e. The smallest absolute Gasteiger partial charge is 0.288 e. The van der Waals surface area contributed by atoms with Crippen LogP contribution in [0.1, 0.15) is 13.3 Å². The van der Waals surface area contributed by atoms with Crippen LogP contribution >= 0.6 is 11.6 Å². The third-order valence-corrected chi connectivity index (χ3v) is 4.72.